The Morgan fingerprint density at radius 3 is 2.31 bits per heavy atom. The van der Waals surface area contributed by atoms with E-state index in [4.69, 9.17) is 0 Å². The summed E-state index contributed by atoms with van der Waals surface area (Å²) in [5.74, 6) is 1.03. The minimum Gasteiger partial charge on any atom is -0.349 e. The maximum Gasteiger partial charge on any atom is 0.251 e. The van der Waals surface area contributed by atoms with Crippen LogP contribution < -0.4 is 10.0 Å². The molecule has 0 radical (unpaired) electrons. The van der Waals surface area contributed by atoms with Crippen molar-refractivity contribution in [3.63, 3.8) is 0 Å². The molecule has 0 aliphatic heterocycles. The highest BCUT2D eigenvalue weighted by atomic mass is 32.2. The van der Waals surface area contributed by atoms with Crippen molar-refractivity contribution in [2.75, 3.05) is 0 Å². The predicted molar refractivity (Wildman–Crippen MR) is 115 cm³/mol. The second kappa shape index (κ2) is 9.09. The van der Waals surface area contributed by atoms with Crippen molar-refractivity contribution in [1.82, 2.24) is 10.0 Å². The SMILES string of the molecule is Cc1ccc(S(=O)(=O)NCc2ccc(C(=O)N[C@@H]3CCC[C@H](C)[C@@H]3C)cc2)cc1. The fourth-order valence-corrected chi connectivity index (χ4v) is 4.81. The van der Waals surface area contributed by atoms with E-state index >= 15 is 0 Å². The van der Waals surface area contributed by atoms with E-state index in [1.54, 1.807) is 48.5 Å². The van der Waals surface area contributed by atoms with Crippen LogP contribution in [0.15, 0.2) is 53.4 Å². The van der Waals surface area contributed by atoms with Crippen molar-refractivity contribution in [2.24, 2.45) is 11.8 Å². The molecule has 1 amide bonds. The molecule has 0 bridgehead atoms. The number of hydrogen-bond donors (Lipinski definition) is 2. The lowest BCUT2D eigenvalue weighted by Crippen LogP contribution is -2.43. The van der Waals surface area contributed by atoms with Crippen LogP contribution in [-0.4, -0.2) is 20.4 Å². The maximum atomic E-state index is 12.6. The van der Waals surface area contributed by atoms with Crippen LogP contribution in [0.2, 0.25) is 0 Å². The fraction of sp³-hybridized carbons (Fsp3) is 0.435. The lowest BCUT2D eigenvalue weighted by Gasteiger charge is -2.34. The summed E-state index contributed by atoms with van der Waals surface area (Å²) in [5, 5.41) is 3.17. The van der Waals surface area contributed by atoms with Crippen molar-refractivity contribution in [3.8, 4) is 0 Å². The zero-order valence-electron chi connectivity index (χ0n) is 17.3. The Bertz CT molecular complexity index is 937. The summed E-state index contributed by atoms with van der Waals surface area (Å²) in [6.07, 6.45) is 3.40. The Morgan fingerprint density at radius 1 is 1.00 bits per heavy atom. The molecule has 0 spiro atoms. The average molecular weight is 415 g/mol. The van der Waals surface area contributed by atoms with E-state index < -0.39 is 10.0 Å². The van der Waals surface area contributed by atoms with Crippen molar-refractivity contribution in [2.45, 2.75) is 57.5 Å². The monoisotopic (exact) mass is 414 g/mol. The normalized spacial score (nSPS) is 22.2. The smallest absolute Gasteiger partial charge is 0.251 e. The number of aryl methyl sites for hydroxylation is 1. The van der Waals surface area contributed by atoms with Gasteiger partial charge < -0.3 is 5.32 Å². The second-order valence-electron chi connectivity index (χ2n) is 8.18. The van der Waals surface area contributed by atoms with Crippen LogP contribution in [0.1, 0.15) is 54.6 Å². The molecule has 2 aromatic carbocycles. The second-order valence-corrected chi connectivity index (χ2v) is 9.95. The molecule has 2 aromatic rings. The summed E-state index contributed by atoms with van der Waals surface area (Å²) in [6.45, 7) is 6.54. The van der Waals surface area contributed by atoms with Crippen LogP contribution in [0.25, 0.3) is 0 Å². The van der Waals surface area contributed by atoms with E-state index in [-0.39, 0.29) is 23.4 Å². The van der Waals surface area contributed by atoms with Gasteiger partial charge in [0.25, 0.3) is 5.91 Å². The Balaban J connectivity index is 1.58. The first-order chi connectivity index (χ1) is 13.8. The van der Waals surface area contributed by atoms with Crippen LogP contribution in [0.3, 0.4) is 0 Å². The molecule has 6 heteroatoms. The first kappa shape index (κ1) is 21.5. The van der Waals surface area contributed by atoms with Gasteiger partial charge in [0, 0.05) is 18.2 Å². The topological polar surface area (TPSA) is 75.3 Å². The molecule has 1 fully saturated rings. The van der Waals surface area contributed by atoms with Gasteiger partial charge in [0.15, 0.2) is 0 Å². The van der Waals surface area contributed by atoms with E-state index in [2.05, 4.69) is 23.9 Å². The first-order valence-electron chi connectivity index (χ1n) is 10.2. The Morgan fingerprint density at radius 2 is 1.66 bits per heavy atom. The molecule has 0 aromatic heterocycles. The quantitative estimate of drug-likeness (QED) is 0.749. The van der Waals surface area contributed by atoms with E-state index in [0.29, 0.717) is 17.4 Å². The number of rotatable bonds is 6. The third kappa shape index (κ3) is 5.46. The third-order valence-corrected chi connectivity index (χ3v) is 7.45. The molecule has 3 rings (SSSR count). The van der Waals surface area contributed by atoms with Crippen molar-refractivity contribution in [1.29, 1.82) is 0 Å². The van der Waals surface area contributed by atoms with Gasteiger partial charge in [0.2, 0.25) is 10.0 Å². The van der Waals surface area contributed by atoms with Crippen LogP contribution in [0.4, 0.5) is 0 Å². The van der Waals surface area contributed by atoms with Gasteiger partial charge in [-0.15, -0.1) is 0 Å². The van der Waals surface area contributed by atoms with E-state index in [0.717, 1.165) is 24.0 Å². The van der Waals surface area contributed by atoms with Gasteiger partial charge in [-0.05, 0) is 55.0 Å². The standard InChI is InChI=1S/C23H30N2O3S/c1-16-7-13-21(14-8-16)29(27,28)24-15-19-9-11-20(12-10-19)23(26)25-22-6-4-5-17(2)18(22)3/h7-14,17-18,22,24H,4-6,15H2,1-3H3,(H,25,26)/t17-,18-,22+/m0/s1. The Kier molecular flexibility index (Phi) is 6.75. The highest BCUT2D eigenvalue weighted by molar-refractivity contribution is 7.89. The van der Waals surface area contributed by atoms with Crippen molar-refractivity contribution in [3.05, 3.63) is 65.2 Å². The number of carbonyl (C=O) groups excluding carboxylic acids is 1. The number of benzene rings is 2. The summed E-state index contributed by atoms with van der Waals surface area (Å²) in [7, 11) is -3.56. The number of carbonyl (C=O) groups is 1. The maximum absolute atomic E-state index is 12.6. The van der Waals surface area contributed by atoms with Crippen molar-refractivity contribution >= 4 is 15.9 Å². The van der Waals surface area contributed by atoms with Crippen LogP contribution in [0.5, 0.6) is 0 Å². The molecule has 0 heterocycles. The molecule has 1 saturated carbocycles. The molecule has 0 saturated heterocycles. The van der Waals surface area contributed by atoms with Gasteiger partial charge in [-0.25, -0.2) is 13.1 Å². The zero-order chi connectivity index (χ0) is 21.0. The molecule has 5 nitrogen and oxygen atoms in total. The van der Waals surface area contributed by atoms with E-state index in [1.165, 1.54) is 6.42 Å². The summed E-state index contributed by atoms with van der Waals surface area (Å²) in [5.41, 5.74) is 2.41. The molecule has 3 atom stereocenters. The fourth-order valence-electron chi connectivity index (χ4n) is 3.79. The van der Waals surface area contributed by atoms with Crippen LogP contribution in [0, 0.1) is 18.8 Å². The van der Waals surface area contributed by atoms with Gasteiger partial charge in [-0.1, -0.05) is 56.5 Å². The van der Waals surface area contributed by atoms with Gasteiger partial charge in [-0.3, -0.25) is 4.79 Å². The molecule has 1 aliphatic carbocycles. The molecule has 1 aliphatic rings. The zero-order valence-corrected chi connectivity index (χ0v) is 18.1. The Hall–Kier alpha value is -2.18. The van der Waals surface area contributed by atoms with E-state index in [1.807, 2.05) is 6.92 Å². The van der Waals surface area contributed by atoms with Crippen molar-refractivity contribution < 1.29 is 13.2 Å². The summed E-state index contributed by atoms with van der Waals surface area (Å²) in [4.78, 5) is 12.8. The van der Waals surface area contributed by atoms with Crippen LogP contribution in [-0.2, 0) is 16.6 Å². The molecular formula is C23H30N2O3S. The van der Waals surface area contributed by atoms with E-state index in [9.17, 15) is 13.2 Å². The molecule has 29 heavy (non-hydrogen) atoms. The van der Waals surface area contributed by atoms with Gasteiger partial charge in [0.05, 0.1) is 4.90 Å². The first-order valence-corrected chi connectivity index (χ1v) is 11.7. The summed E-state index contributed by atoms with van der Waals surface area (Å²) < 4.78 is 27.4. The van der Waals surface area contributed by atoms with Gasteiger partial charge >= 0.3 is 0 Å². The number of sulfonamides is 1. The highest BCUT2D eigenvalue weighted by Gasteiger charge is 2.28. The molecule has 2 N–H and O–H groups in total. The predicted octanol–water partition coefficient (Wildman–Crippen LogP) is 4.03. The molecule has 0 unspecified atom stereocenters. The summed E-state index contributed by atoms with van der Waals surface area (Å²) in [6, 6.07) is 14.0. The largest absolute Gasteiger partial charge is 0.349 e. The lowest BCUT2D eigenvalue weighted by molar-refractivity contribution is 0.0891. The highest BCUT2D eigenvalue weighted by Crippen LogP contribution is 2.29. The average Bonchev–Trinajstić information content (AvgIpc) is 2.70. The number of nitrogens with one attached hydrogen (secondary N) is 2. The lowest BCUT2D eigenvalue weighted by atomic mass is 9.78. The minimum atomic E-state index is -3.56. The molecule has 156 valence electrons. The summed E-state index contributed by atoms with van der Waals surface area (Å²) >= 11 is 0. The number of amides is 1. The number of hydrogen-bond acceptors (Lipinski definition) is 3. The van der Waals surface area contributed by atoms with Crippen LogP contribution >= 0.6 is 0 Å². The molecular weight excluding hydrogens is 384 g/mol. The Labute approximate surface area is 174 Å². The third-order valence-electron chi connectivity index (χ3n) is 6.04. The van der Waals surface area contributed by atoms with Gasteiger partial charge in [-0.2, -0.15) is 0 Å². The van der Waals surface area contributed by atoms with Gasteiger partial charge in [0.1, 0.15) is 0 Å². The minimum absolute atomic E-state index is 0.0669.